The predicted octanol–water partition coefficient (Wildman–Crippen LogP) is 2.16. The molecule has 0 aliphatic heterocycles. The number of carbonyl (C=O) groups is 1. The third kappa shape index (κ3) is 3.84. The number of alkyl halides is 1. The number of hydrogen-bond acceptors (Lipinski definition) is 2. The van der Waals surface area contributed by atoms with Crippen LogP contribution in [0.4, 0.5) is 0 Å². The van der Waals surface area contributed by atoms with E-state index in [0.717, 1.165) is 25.0 Å². The summed E-state index contributed by atoms with van der Waals surface area (Å²) in [6.07, 6.45) is 6.56. The number of nitrogens with zero attached hydrogens (tertiary/aromatic N) is 1. The maximum absolute atomic E-state index is 11.6. The minimum atomic E-state index is -0.0260. The van der Waals surface area contributed by atoms with E-state index >= 15 is 0 Å². The van der Waals surface area contributed by atoms with Gasteiger partial charge in [-0.15, -0.1) is 11.6 Å². The van der Waals surface area contributed by atoms with E-state index in [0.29, 0.717) is 13.2 Å². The second kappa shape index (κ2) is 6.85. The van der Waals surface area contributed by atoms with Crippen molar-refractivity contribution in [2.24, 2.45) is 0 Å². The first-order valence-corrected chi connectivity index (χ1v) is 5.87. The SMILES string of the molecule is COCCN(C(=O)CCl)C1=CCCCC1. The van der Waals surface area contributed by atoms with Gasteiger partial charge in [-0.25, -0.2) is 0 Å². The van der Waals surface area contributed by atoms with Gasteiger partial charge in [0.1, 0.15) is 5.88 Å². The molecule has 0 aromatic heterocycles. The maximum atomic E-state index is 11.6. The van der Waals surface area contributed by atoms with E-state index in [2.05, 4.69) is 6.08 Å². The quantitative estimate of drug-likeness (QED) is 0.679. The summed E-state index contributed by atoms with van der Waals surface area (Å²) >= 11 is 5.59. The van der Waals surface area contributed by atoms with Crippen LogP contribution in [0.2, 0.25) is 0 Å². The number of ether oxygens (including phenoxy) is 1. The molecule has 0 aromatic rings. The number of methoxy groups -OCH3 is 1. The molecule has 0 bridgehead atoms. The Bertz CT molecular complexity index is 241. The lowest BCUT2D eigenvalue weighted by Gasteiger charge is -2.26. The van der Waals surface area contributed by atoms with Crippen molar-refractivity contribution in [1.29, 1.82) is 0 Å². The van der Waals surface area contributed by atoms with Gasteiger partial charge in [0, 0.05) is 19.4 Å². The molecule has 0 N–H and O–H groups in total. The first kappa shape index (κ1) is 12.5. The maximum Gasteiger partial charge on any atom is 0.241 e. The summed E-state index contributed by atoms with van der Waals surface area (Å²) in [6.45, 7) is 1.16. The topological polar surface area (TPSA) is 29.5 Å². The molecule has 3 nitrogen and oxygen atoms in total. The molecular formula is C11H18ClNO2. The minimum absolute atomic E-state index is 0.0260. The van der Waals surface area contributed by atoms with Gasteiger partial charge >= 0.3 is 0 Å². The highest BCUT2D eigenvalue weighted by molar-refractivity contribution is 6.27. The predicted molar refractivity (Wildman–Crippen MR) is 60.9 cm³/mol. The molecule has 0 unspecified atom stereocenters. The summed E-state index contributed by atoms with van der Waals surface area (Å²) in [4.78, 5) is 13.4. The van der Waals surface area contributed by atoms with E-state index in [9.17, 15) is 4.79 Å². The first-order valence-electron chi connectivity index (χ1n) is 5.34. The van der Waals surface area contributed by atoms with Gasteiger partial charge in [0.2, 0.25) is 5.91 Å². The van der Waals surface area contributed by atoms with Crippen LogP contribution in [0, 0.1) is 0 Å². The summed E-state index contributed by atoms with van der Waals surface area (Å²) in [7, 11) is 1.64. The summed E-state index contributed by atoms with van der Waals surface area (Å²) in [6, 6.07) is 0. The molecule has 0 radical (unpaired) electrons. The molecule has 1 amide bonds. The monoisotopic (exact) mass is 231 g/mol. The molecule has 0 fully saturated rings. The Hall–Kier alpha value is -0.540. The van der Waals surface area contributed by atoms with Crippen molar-refractivity contribution >= 4 is 17.5 Å². The van der Waals surface area contributed by atoms with Crippen LogP contribution in [-0.4, -0.2) is 36.9 Å². The molecule has 0 saturated heterocycles. The number of halogens is 1. The molecule has 15 heavy (non-hydrogen) atoms. The highest BCUT2D eigenvalue weighted by atomic mass is 35.5. The van der Waals surface area contributed by atoms with Crippen molar-refractivity contribution in [3.8, 4) is 0 Å². The zero-order valence-electron chi connectivity index (χ0n) is 9.17. The fourth-order valence-corrected chi connectivity index (χ4v) is 1.89. The number of carbonyl (C=O) groups excluding carboxylic acids is 1. The van der Waals surface area contributed by atoms with E-state index in [1.54, 1.807) is 12.0 Å². The molecule has 1 aliphatic rings. The van der Waals surface area contributed by atoms with Crippen LogP contribution >= 0.6 is 11.6 Å². The Labute approximate surface area is 96.0 Å². The zero-order valence-corrected chi connectivity index (χ0v) is 9.92. The zero-order chi connectivity index (χ0) is 11.1. The van der Waals surface area contributed by atoms with Crippen molar-refractivity contribution in [3.05, 3.63) is 11.8 Å². The Morgan fingerprint density at radius 3 is 2.93 bits per heavy atom. The Morgan fingerprint density at radius 2 is 2.40 bits per heavy atom. The lowest BCUT2D eigenvalue weighted by atomic mass is 10.0. The van der Waals surface area contributed by atoms with Crippen LogP contribution in [0.3, 0.4) is 0 Å². The van der Waals surface area contributed by atoms with E-state index in [1.807, 2.05) is 0 Å². The second-order valence-electron chi connectivity index (χ2n) is 3.61. The average Bonchev–Trinajstić information content (AvgIpc) is 2.30. The molecule has 86 valence electrons. The van der Waals surface area contributed by atoms with Gasteiger partial charge in [-0.1, -0.05) is 6.08 Å². The largest absolute Gasteiger partial charge is 0.383 e. The van der Waals surface area contributed by atoms with E-state index in [4.69, 9.17) is 16.3 Å². The lowest BCUT2D eigenvalue weighted by Crippen LogP contribution is -2.34. The van der Waals surface area contributed by atoms with Gasteiger partial charge in [0.15, 0.2) is 0 Å². The second-order valence-corrected chi connectivity index (χ2v) is 3.88. The molecule has 1 aliphatic carbocycles. The van der Waals surface area contributed by atoms with E-state index < -0.39 is 0 Å². The molecule has 4 heteroatoms. The van der Waals surface area contributed by atoms with Gasteiger partial charge in [0.05, 0.1) is 6.61 Å². The third-order valence-corrected chi connectivity index (χ3v) is 2.78. The average molecular weight is 232 g/mol. The van der Waals surface area contributed by atoms with Crippen LogP contribution in [0.5, 0.6) is 0 Å². The van der Waals surface area contributed by atoms with Crippen molar-refractivity contribution in [2.75, 3.05) is 26.1 Å². The lowest BCUT2D eigenvalue weighted by molar-refractivity contribution is -0.127. The van der Waals surface area contributed by atoms with E-state index in [-0.39, 0.29) is 11.8 Å². The Balaban J connectivity index is 2.61. The highest BCUT2D eigenvalue weighted by Gasteiger charge is 2.17. The Morgan fingerprint density at radius 1 is 1.60 bits per heavy atom. The molecule has 0 atom stereocenters. The number of hydrogen-bond donors (Lipinski definition) is 0. The van der Waals surface area contributed by atoms with Crippen molar-refractivity contribution in [3.63, 3.8) is 0 Å². The van der Waals surface area contributed by atoms with Crippen LogP contribution < -0.4 is 0 Å². The van der Waals surface area contributed by atoms with Gasteiger partial charge in [0.25, 0.3) is 0 Å². The van der Waals surface area contributed by atoms with Crippen molar-refractivity contribution in [2.45, 2.75) is 25.7 Å². The van der Waals surface area contributed by atoms with Crippen LogP contribution in [0.15, 0.2) is 11.8 Å². The molecule has 1 rings (SSSR count). The summed E-state index contributed by atoms with van der Waals surface area (Å²) in [5, 5.41) is 0. The number of amides is 1. The smallest absolute Gasteiger partial charge is 0.241 e. The summed E-state index contributed by atoms with van der Waals surface area (Å²) in [5.74, 6) is 0.0167. The number of allylic oxidation sites excluding steroid dienone is 2. The summed E-state index contributed by atoms with van der Waals surface area (Å²) < 4.78 is 4.99. The van der Waals surface area contributed by atoms with Gasteiger partial charge in [-0.3, -0.25) is 4.79 Å². The van der Waals surface area contributed by atoms with Crippen LogP contribution in [0.1, 0.15) is 25.7 Å². The summed E-state index contributed by atoms with van der Waals surface area (Å²) in [5.41, 5.74) is 1.11. The van der Waals surface area contributed by atoms with E-state index in [1.165, 1.54) is 6.42 Å². The fraction of sp³-hybridized carbons (Fsp3) is 0.727. The standard InChI is InChI=1S/C11H18ClNO2/c1-15-8-7-13(11(14)9-12)10-5-3-2-4-6-10/h5H,2-4,6-9H2,1H3. The van der Waals surface area contributed by atoms with Gasteiger partial charge in [-0.05, 0) is 25.7 Å². The molecule has 0 spiro atoms. The minimum Gasteiger partial charge on any atom is -0.383 e. The number of rotatable bonds is 5. The fourth-order valence-electron chi connectivity index (χ4n) is 1.75. The molecular weight excluding hydrogens is 214 g/mol. The molecule has 0 heterocycles. The van der Waals surface area contributed by atoms with Crippen molar-refractivity contribution < 1.29 is 9.53 Å². The Kier molecular flexibility index (Phi) is 5.73. The van der Waals surface area contributed by atoms with Crippen molar-refractivity contribution in [1.82, 2.24) is 4.90 Å². The normalized spacial score (nSPS) is 16.0. The highest BCUT2D eigenvalue weighted by Crippen LogP contribution is 2.21. The first-order chi connectivity index (χ1) is 7.29. The van der Waals surface area contributed by atoms with Crippen LogP contribution in [0.25, 0.3) is 0 Å². The molecule has 0 saturated carbocycles. The van der Waals surface area contributed by atoms with Gasteiger partial charge in [-0.2, -0.15) is 0 Å². The van der Waals surface area contributed by atoms with Gasteiger partial charge < -0.3 is 9.64 Å². The van der Waals surface area contributed by atoms with Crippen LogP contribution in [-0.2, 0) is 9.53 Å². The molecule has 0 aromatic carbocycles. The third-order valence-electron chi connectivity index (χ3n) is 2.55.